The van der Waals surface area contributed by atoms with Crippen molar-refractivity contribution in [1.29, 1.82) is 0 Å². The number of thiazole rings is 1. The van der Waals surface area contributed by atoms with Crippen LogP contribution in [0.4, 0.5) is 0 Å². The first-order valence-corrected chi connectivity index (χ1v) is 9.05. The van der Waals surface area contributed by atoms with Gasteiger partial charge in [0.25, 0.3) is 0 Å². The smallest absolute Gasteiger partial charge is 0.225 e. The molecule has 25 heavy (non-hydrogen) atoms. The average Bonchev–Trinajstić information content (AvgIpc) is 2.94. The fraction of sp³-hybridized carbons (Fsp3) is 0.474. The highest BCUT2D eigenvalue weighted by atomic mass is 32.1. The van der Waals surface area contributed by atoms with Gasteiger partial charge in [0.2, 0.25) is 5.91 Å². The maximum absolute atomic E-state index is 11.9. The molecule has 0 bridgehead atoms. The summed E-state index contributed by atoms with van der Waals surface area (Å²) in [5.41, 5.74) is 1.63. The number of aromatic nitrogens is 1. The molecule has 1 amide bonds. The molecule has 136 valence electrons. The van der Waals surface area contributed by atoms with Crippen LogP contribution in [0.1, 0.15) is 31.3 Å². The summed E-state index contributed by atoms with van der Waals surface area (Å²) in [5.74, 6) is 1.45. The van der Waals surface area contributed by atoms with Crippen LogP contribution in [-0.4, -0.2) is 31.7 Å². The van der Waals surface area contributed by atoms with Crippen molar-refractivity contribution in [3.05, 3.63) is 28.8 Å². The number of hydrogen-bond donors (Lipinski definition) is 1. The lowest BCUT2D eigenvalue weighted by Gasteiger charge is -2.17. The third kappa shape index (κ3) is 4.72. The van der Waals surface area contributed by atoms with Crippen LogP contribution in [0.25, 0.3) is 10.6 Å². The number of methoxy groups -OCH3 is 2. The van der Waals surface area contributed by atoms with Crippen LogP contribution >= 0.6 is 11.3 Å². The number of nitrogens with one attached hydrogen (secondary N) is 1. The third-order valence-corrected chi connectivity index (χ3v) is 5.11. The average molecular weight is 362 g/mol. The standard InChI is InChI=1S/C19H26N2O3S/c1-12-16(9-10-20-18(22)19(2,3)4)25-17(21-12)13-7-8-14(23-5)15(11-13)24-6/h7-8,11H,9-10H2,1-6H3,(H,20,22). The van der Waals surface area contributed by atoms with Crippen LogP contribution < -0.4 is 14.8 Å². The maximum atomic E-state index is 11.9. The summed E-state index contributed by atoms with van der Waals surface area (Å²) < 4.78 is 10.6. The molecule has 0 spiro atoms. The molecule has 0 unspecified atom stereocenters. The number of aryl methyl sites for hydroxylation is 1. The zero-order valence-electron chi connectivity index (χ0n) is 15.7. The summed E-state index contributed by atoms with van der Waals surface area (Å²) in [6.45, 7) is 8.35. The van der Waals surface area contributed by atoms with Crippen molar-refractivity contribution in [2.75, 3.05) is 20.8 Å². The molecule has 0 aliphatic carbocycles. The Labute approximate surface area is 153 Å². The van der Waals surface area contributed by atoms with Crippen molar-refractivity contribution in [2.45, 2.75) is 34.1 Å². The van der Waals surface area contributed by atoms with Gasteiger partial charge in [-0.2, -0.15) is 0 Å². The van der Waals surface area contributed by atoms with E-state index in [0.29, 0.717) is 18.0 Å². The molecule has 1 aromatic heterocycles. The van der Waals surface area contributed by atoms with Crippen molar-refractivity contribution >= 4 is 17.2 Å². The number of carbonyl (C=O) groups is 1. The highest BCUT2D eigenvalue weighted by Gasteiger charge is 2.20. The zero-order chi connectivity index (χ0) is 18.6. The van der Waals surface area contributed by atoms with Crippen LogP contribution in [0.2, 0.25) is 0 Å². The van der Waals surface area contributed by atoms with E-state index in [9.17, 15) is 4.79 Å². The Kier molecular flexibility index (Phi) is 6.06. The van der Waals surface area contributed by atoms with Crippen LogP contribution in [0.3, 0.4) is 0 Å². The lowest BCUT2D eigenvalue weighted by atomic mass is 9.96. The van der Waals surface area contributed by atoms with Gasteiger partial charge in [0.1, 0.15) is 5.01 Å². The van der Waals surface area contributed by atoms with Gasteiger partial charge in [0.05, 0.1) is 19.9 Å². The molecule has 1 aromatic carbocycles. The van der Waals surface area contributed by atoms with Gasteiger partial charge in [-0.3, -0.25) is 4.79 Å². The molecule has 0 saturated heterocycles. The topological polar surface area (TPSA) is 60.5 Å². The second-order valence-electron chi connectivity index (χ2n) is 6.85. The maximum Gasteiger partial charge on any atom is 0.225 e. The molecule has 6 heteroatoms. The number of ether oxygens (including phenoxy) is 2. The lowest BCUT2D eigenvalue weighted by Crippen LogP contribution is -2.35. The summed E-state index contributed by atoms with van der Waals surface area (Å²) >= 11 is 1.65. The molecule has 0 aliphatic rings. The number of nitrogens with zero attached hydrogens (tertiary/aromatic N) is 1. The predicted octanol–water partition coefficient (Wildman–Crippen LogP) is 3.84. The van der Waals surface area contributed by atoms with E-state index < -0.39 is 0 Å². The van der Waals surface area contributed by atoms with E-state index in [1.807, 2.05) is 45.9 Å². The van der Waals surface area contributed by atoms with Gasteiger partial charge in [-0.1, -0.05) is 20.8 Å². The van der Waals surface area contributed by atoms with Gasteiger partial charge >= 0.3 is 0 Å². The first kappa shape index (κ1) is 19.2. The summed E-state index contributed by atoms with van der Waals surface area (Å²) in [7, 11) is 3.24. The Morgan fingerprint density at radius 3 is 2.48 bits per heavy atom. The first-order valence-electron chi connectivity index (χ1n) is 8.23. The van der Waals surface area contributed by atoms with Crippen molar-refractivity contribution in [3.8, 4) is 22.1 Å². The van der Waals surface area contributed by atoms with Crippen molar-refractivity contribution in [1.82, 2.24) is 10.3 Å². The van der Waals surface area contributed by atoms with Crippen molar-refractivity contribution < 1.29 is 14.3 Å². The number of carbonyl (C=O) groups excluding carboxylic acids is 1. The number of rotatable bonds is 6. The van der Waals surface area contributed by atoms with Gasteiger partial charge in [0, 0.05) is 28.8 Å². The monoisotopic (exact) mass is 362 g/mol. The van der Waals surface area contributed by atoms with Crippen LogP contribution in [0.5, 0.6) is 11.5 Å². The first-order chi connectivity index (χ1) is 11.8. The predicted molar refractivity (Wildman–Crippen MR) is 102 cm³/mol. The fourth-order valence-corrected chi connectivity index (χ4v) is 3.37. The Hall–Kier alpha value is -2.08. The minimum absolute atomic E-state index is 0.0646. The molecule has 0 fully saturated rings. The van der Waals surface area contributed by atoms with Crippen LogP contribution in [-0.2, 0) is 11.2 Å². The Morgan fingerprint density at radius 2 is 1.88 bits per heavy atom. The van der Waals surface area contributed by atoms with E-state index in [2.05, 4.69) is 10.3 Å². The lowest BCUT2D eigenvalue weighted by molar-refractivity contribution is -0.128. The van der Waals surface area contributed by atoms with Crippen LogP contribution in [0.15, 0.2) is 18.2 Å². The molecule has 5 nitrogen and oxygen atoms in total. The van der Waals surface area contributed by atoms with Crippen molar-refractivity contribution in [3.63, 3.8) is 0 Å². The molecule has 0 aliphatic heterocycles. The molecule has 0 saturated carbocycles. The largest absolute Gasteiger partial charge is 0.493 e. The summed E-state index contributed by atoms with van der Waals surface area (Å²) in [6, 6.07) is 5.79. The van der Waals surface area contributed by atoms with Gasteiger partial charge in [0.15, 0.2) is 11.5 Å². The number of hydrogen-bond acceptors (Lipinski definition) is 5. The van der Waals surface area contributed by atoms with E-state index in [1.165, 1.54) is 4.88 Å². The number of benzene rings is 1. The van der Waals surface area contributed by atoms with E-state index in [-0.39, 0.29) is 11.3 Å². The fourth-order valence-electron chi connectivity index (χ4n) is 2.31. The van der Waals surface area contributed by atoms with Gasteiger partial charge in [-0.05, 0) is 25.1 Å². The highest BCUT2D eigenvalue weighted by molar-refractivity contribution is 7.15. The van der Waals surface area contributed by atoms with E-state index >= 15 is 0 Å². The molecule has 0 radical (unpaired) electrons. The van der Waals surface area contributed by atoms with Crippen molar-refractivity contribution in [2.24, 2.45) is 5.41 Å². The molecule has 2 rings (SSSR count). The molecular weight excluding hydrogens is 336 g/mol. The minimum Gasteiger partial charge on any atom is -0.493 e. The molecule has 2 aromatic rings. The van der Waals surface area contributed by atoms with E-state index in [1.54, 1.807) is 25.6 Å². The Balaban J connectivity index is 2.11. The second kappa shape index (κ2) is 7.87. The molecule has 1 heterocycles. The third-order valence-electron chi connectivity index (χ3n) is 3.84. The summed E-state index contributed by atoms with van der Waals surface area (Å²) in [4.78, 5) is 17.8. The normalized spacial score (nSPS) is 11.3. The van der Waals surface area contributed by atoms with Gasteiger partial charge in [-0.25, -0.2) is 4.98 Å². The second-order valence-corrected chi connectivity index (χ2v) is 7.94. The zero-order valence-corrected chi connectivity index (χ0v) is 16.5. The Morgan fingerprint density at radius 1 is 1.20 bits per heavy atom. The molecule has 0 atom stereocenters. The van der Waals surface area contributed by atoms with E-state index in [0.717, 1.165) is 22.7 Å². The number of amides is 1. The highest BCUT2D eigenvalue weighted by Crippen LogP contribution is 2.35. The van der Waals surface area contributed by atoms with Gasteiger partial charge in [-0.15, -0.1) is 11.3 Å². The molecule has 1 N–H and O–H groups in total. The Bertz CT molecular complexity index is 748. The minimum atomic E-state index is -0.368. The molecular formula is C19H26N2O3S. The van der Waals surface area contributed by atoms with E-state index in [4.69, 9.17) is 9.47 Å². The quantitative estimate of drug-likeness (QED) is 0.848. The van der Waals surface area contributed by atoms with Crippen LogP contribution in [0, 0.1) is 12.3 Å². The van der Waals surface area contributed by atoms with Gasteiger partial charge < -0.3 is 14.8 Å². The summed E-state index contributed by atoms with van der Waals surface area (Å²) in [5, 5.41) is 3.92. The summed E-state index contributed by atoms with van der Waals surface area (Å²) in [6.07, 6.45) is 0.776. The SMILES string of the molecule is COc1ccc(-c2nc(C)c(CCNC(=O)C(C)(C)C)s2)cc1OC.